The molecule has 2 aliphatic rings. The average molecular weight is 496 g/mol. The number of benzene rings is 3. The molecule has 0 atom stereocenters. The van der Waals surface area contributed by atoms with Crippen LogP contribution in [0.25, 0.3) is 6.08 Å². The molecule has 6 heteroatoms. The fourth-order valence-corrected chi connectivity index (χ4v) is 5.10. The predicted octanol–water partition coefficient (Wildman–Crippen LogP) is 5.59. The number of hydrogen-bond acceptors (Lipinski definition) is 4. The molecule has 0 aromatic heterocycles. The molecule has 0 saturated carbocycles. The van der Waals surface area contributed by atoms with E-state index in [4.69, 9.17) is 12.2 Å². The number of fused-ring (bicyclic) bond motifs is 1. The molecular formula is C30H29N3O2S. The molecule has 0 spiro atoms. The first kappa shape index (κ1) is 23.9. The first-order valence-corrected chi connectivity index (χ1v) is 12.7. The van der Waals surface area contributed by atoms with Crippen molar-refractivity contribution in [2.75, 3.05) is 16.3 Å². The smallest absolute Gasteiger partial charge is 0.270 e. The van der Waals surface area contributed by atoms with Crippen molar-refractivity contribution >= 4 is 46.6 Å². The Labute approximate surface area is 217 Å². The van der Waals surface area contributed by atoms with Crippen molar-refractivity contribution < 1.29 is 9.59 Å². The summed E-state index contributed by atoms with van der Waals surface area (Å²) in [5.74, 6) is -0.501. The van der Waals surface area contributed by atoms with Gasteiger partial charge in [0.05, 0.1) is 5.69 Å². The fraction of sp³-hybridized carbons (Fsp3) is 0.233. The Morgan fingerprint density at radius 3 is 2.47 bits per heavy atom. The minimum absolute atomic E-state index is 0.0773. The lowest BCUT2D eigenvalue weighted by atomic mass is 9.97. The second kappa shape index (κ2) is 10.1. The van der Waals surface area contributed by atoms with Crippen molar-refractivity contribution in [3.63, 3.8) is 0 Å². The van der Waals surface area contributed by atoms with Crippen LogP contribution < -0.4 is 15.1 Å². The SMILES string of the molecule is CC(C)c1ccc(N2C(=O)C(=Cc3ccc4c(c3)CCCN4Cc3ccccc3)C(=O)NC2=S)cc1. The highest BCUT2D eigenvalue weighted by Gasteiger charge is 2.34. The van der Waals surface area contributed by atoms with Gasteiger partial charge in [-0.15, -0.1) is 0 Å². The molecule has 182 valence electrons. The Morgan fingerprint density at radius 1 is 1.00 bits per heavy atom. The molecule has 0 unspecified atom stereocenters. The number of nitrogens with one attached hydrogen (secondary N) is 1. The van der Waals surface area contributed by atoms with Gasteiger partial charge >= 0.3 is 0 Å². The van der Waals surface area contributed by atoms with Crippen molar-refractivity contribution in [1.29, 1.82) is 0 Å². The standard InChI is InChI=1S/C30H29N3O2S/c1-20(2)23-11-13-25(14-12-23)33-29(35)26(28(34)31-30(33)36)18-22-10-15-27-24(17-22)9-6-16-32(27)19-21-7-4-3-5-8-21/h3-5,7-8,10-15,17-18,20H,6,9,16,19H2,1-2H3,(H,31,34,36). The third kappa shape index (κ3) is 4.82. The first-order valence-electron chi connectivity index (χ1n) is 12.3. The van der Waals surface area contributed by atoms with Gasteiger partial charge in [-0.2, -0.15) is 0 Å². The molecule has 5 rings (SSSR count). The summed E-state index contributed by atoms with van der Waals surface area (Å²) >= 11 is 5.35. The van der Waals surface area contributed by atoms with Crippen LogP contribution >= 0.6 is 12.2 Å². The zero-order valence-corrected chi connectivity index (χ0v) is 21.3. The van der Waals surface area contributed by atoms with Gasteiger partial charge in [0.15, 0.2) is 5.11 Å². The molecule has 0 bridgehead atoms. The van der Waals surface area contributed by atoms with Crippen LogP contribution in [0.5, 0.6) is 0 Å². The van der Waals surface area contributed by atoms with Gasteiger partial charge in [0, 0.05) is 18.8 Å². The summed E-state index contributed by atoms with van der Waals surface area (Å²) in [4.78, 5) is 30.0. The predicted molar refractivity (Wildman–Crippen MR) is 149 cm³/mol. The zero-order valence-electron chi connectivity index (χ0n) is 20.5. The Bertz CT molecular complexity index is 1350. The molecular weight excluding hydrogens is 466 g/mol. The van der Waals surface area contributed by atoms with E-state index < -0.39 is 11.8 Å². The highest BCUT2D eigenvalue weighted by molar-refractivity contribution is 7.80. The number of carbonyl (C=O) groups excluding carboxylic acids is 2. The molecule has 2 aliphatic heterocycles. The van der Waals surface area contributed by atoms with Gasteiger partial charge in [-0.05, 0) is 83.6 Å². The van der Waals surface area contributed by atoms with E-state index in [-0.39, 0.29) is 10.7 Å². The molecule has 1 fully saturated rings. The van der Waals surface area contributed by atoms with Crippen LogP contribution in [-0.4, -0.2) is 23.5 Å². The lowest BCUT2D eigenvalue weighted by Crippen LogP contribution is -2.54. The number of thiocarbonyl (C=S) groups is 1. The zero-order chi connectivity index (χ0) is 25.2. The lowest BCUT2D eigenvalue weighted by molar-refractivity contribution is -0.122. The van der Waals surface area contributed by atoms with Crippen molar-refractivity contribution in [2.24, 2.45) is 0 Å². The summed E-state index contributed by atoms with van der Waals surface area (Å²) in [5, 5.41) is 2.78. The average Bonchev–Trinajstić information content (AvgIpc) is 2.87. The molecule has 1 saturated heterocycles. The van der Waals surface area contributed by atoms with Gasteiger partial charge < -0.3 is 4.90 Å². The Balaban J connectivity index is 1.42. The van der Waals surface area contributed by atoms with E-state index >= 15 is 0 Å². The minimum atomic E-state index is -0.469. The van der Waals surface area contributed by atoms with E-state index in [9.17, 15) is 9.59 Å². The van der Waals surface area contributed by atoms with Gasteiger partial charge in [0.25, 0.3) is 11.8 Å². The largest absolute Gasteiger partial charge is 0.367 e. The van der Waals surface area contributed by atoms with Crippen LogP contribution in [0.15, 0.2) is 78.4 Å². The highest BCUT2D eigenvalue weighted by atomic mass is 32.1. The maximum absolute atomic E-state index is 13.4. The molecule has 2 amide bonds. The third-order valence-corrected chi connectivity index (χ3v) is 7.05. The summed E-state index contributed by atoms with van der Waals surface area (Å²) in [6.07, 6.45) is 3.70. The number of carbonyl (C=O) groups is 2. The molecule has 3 aromatic rings. The second-order valence-electron chi connectivity index (χ2n) is 9.60. The van der Waals surface area contributed by atoms with E-state index in [2.05, 4.69) is 60.5 Å². The summed E-state index contributed by atoms with van der Waals surface area (Å²) in [5.41, 5.74) is 6.43. The Kier molecular flexibility index (Phi) is 6.70. The molecule has 1 N–H and O–H groups in total. The number of amides is 2. The van der Waals surface area contributed by atoms with E-state index in [1.807, 2.05) is 36.4 Å². The number of anilines is 2. The topological polar surface area (TPSA) is 52.7 Å². The summed E-state index contributed by atoms with van der Waals surface area (Å²) in [6.45, 7) is 6.10. The minimum Gasteiger partial charge on any atom is -0.367 e. The number of hydrogen-bond donors (Lipinski definition) is 1. The van der Waals surface area contributed by atoms with Crippen LogP contribution in [-0.2, 0) is 22.6 Å². The van der Waals surface area contributed by atoms with Gasteiger partial charge in [-0.3, -0.25) is 19.8 Å². The molecule has 0 aliphatic carbocycles. The first-order chi connectivity index (χ1) is 17.4. The molecule has 36 heavy (non-hydrogen) atoms. The normalized spacial score (nSPS) is 17.0. The van der Waals surface area contributed by atoms with E-state index in [1.165, 1.54) is 27.3 Å². The van der Waals surface area contributed by atoms with Crippen LogP contribution in [0, 0.1) is 0 Å². The maximum atomic E-state index is 13.4. The molecule has 5 nitrogen and oxygen atoms in total. The summed E-state index contributed by atoms with van der Waals surface area (Å²) in [6, 6.07) is 24.3. The second-order valence-corrected chi connectivity index (χ2v) is 9.99. The Morgan fingerprint density at radius 2 is 1.75 bits per heavy atom. The number of rotatable bonds is 5. The van der Waals surface area contributed by atoms with Crippen LogP contribution in [0.4, 0.5) is 11.4 Å². The Hall–Kier alpha value is -3.77. The van der Waals surface area contributed by atoms with Crippen LogP contribution in [0.2, 0.25) is 0 Å². The maximum Gasteiger partial charge on any atom is 0.270 e. The van der Waals surface area contributed by atoms with Crippen molar-refractivity contribution in [2.45, 2.75) is 39.2 Å². The van der Waals surface area contributed by atoms with Gasteiger partial charge in [-0.1, -0.05) is 62.4 Å². The molecule has 2 heterocycles. The summed E-state index contributed by atoms with van der Waals surface area (Å²) < 4.78 is 0. The van der Waals surface area contributed by atoms with E-state index in [0.29, 0.717) is 11.6 Å². The lowest BCUT2D eigenvalue weighted by Gasteiger charge is -2.32. The van der Waals surface area contributed by atoms with Crippen molar-refractivity contribution in [3.8, 4) is 0 Å². The number of aryl methyl sites for hydroxylation is 1. The highest BCUT2D eigenvalue weighted by Crippen LogP contribution is 2.31. The third-order valence-electron chi connectivity index (χ3n) is 6.77. The van der Waals surface area contributed by atoms with Gasteiger partial charge in [-0.25, -0.2) is 0 Å². The summed E-state index contributed by atoms with van der Waals surface area (Å²) in [7, 11) is 0. The van der Waals surface area contributed by atoms with Crippen molar-refractivity contribution in [3.05, 3.63) is 101 Å². The van der Waals surface area contributed by atoms with Gasteiger partial charge in [0.1, 0.15) is 5.57 Å². The van der Waals surface area contributed by atoms with E-state index in [1.54, 1.807) is 6.08 Å². The monoisotopic (exact) mass is 495 g/mol. The quantitative estimate of drug-likeness (QED) is 0.285. The van der Waals surface area contributed by atoms with E-state index in [0.717, 1.165) is 31.5 Å². The molecule has 3 aromatic carbocycles. The van der Waals surface area contributed by atoms with Crippen molar-refractivity contribution in [1.82, 2.24) is 5.32 Å². The van der Waals surface area contributed by atoms with Gasteiger partial charge in [0.2, 0.25) is 0 Å². The number of nitrogens with zero attached hydrogens (tertiary/aromatic N) is 2. The van der Waals surface area contributed by atoms with Crippen LogP contribution in [0.3, 0.4) is 0 Å². The van der Waals surface area contributed by atoms with Crippen LogP contribution in [0.1, 0.15) is 48.4 Å². The fourth-order valence-electron chi connectivity index (χ4n) is 4.82. The molecule has 0 radical (unpaired) electrons.